The molecule has 26 heavy (non-hydrogen) atoms. The number of carbonyl (C=O) groups excluding carboxylic acids is 1. The van der Waals surface area contributed by atoms with Gasteiger partial charge in [-0.25, -0.2) is 4.98 Å². The van der Waals surface area contributed by atoms with E-state index in [1.807, 2.05) is 30.3 Å². The first-order valence-corrected chi connectivity index (χ1v) is 8.31. The zero-order chi connectivity index (χ0) is 18.7. The number of carbonyl (C=O) groups is 1. The van der Waals surface area contributed by atoms with Crippen LogP contribution in [0.15, 0.2) is 41.5 Å². The van der Waals surface area contributed by atoms with Gasteiger partial charge in [-0.05, 0) is 5.56 Å². The van der Waals surface area contributed by atoms with Crippen LogP contribution in [0.4, 0.5) is 5.95 Å². The second kappa shape index (κ2) is 7.49. The van der Waals surface area contributed by atoms with Gasteiger partial charge in [-0.3, -0.25) is 19.5 Å². The minimum absolute atomic E-state index is 0.0407. The number of fused-ring (bicyclic) bond motifs is 1. The number of nitrogens with zero attached hydrogens (tertiary/aromatic N) is 4. The van der Waals surface area contributed by atoms with Crippen LogP contribution in [0.1, 0.15) is 19.4 Å². The van der Waals surface area contributed by atoms with E-state index in [2.05, 4.69) is 15.3 Å². The van der Waals surface area contributed by atoms with Gasteiger partial charge in [-0.2, -0.15) is 4.98 Å². The predicted octanol–water partition coefficient (Wildman–Crippen LogP) is 1.90. The SMILES string of the molecule is CC(C)C(=O)Nc1nc2c(ncn2C)c(=O)n1COCc1ccccc1. The lowest BCUT2D eigenvalue weighted by molar-refractivity contribution is -0.119. The molecule has 8 nitrogen and oxygen atoms in total. The van der Waals surface area contributed by atoms with Crippen molar-refractivity contribution in [3.63, 3.8) is 0 Å². The standard InChI is InChI=1S/C18H21N5O3/c1-12(2)16(24)21-18-20-15-14(19-10-22(15)3)17(25)23(18)11-26-9-13-7-5-4-6-8-13/h4-8,10,12H,9,11H2,1-3H3,(H,20,21,24). The molecule has 0 saturated heterocycles. The Morgan fingerprint density at radius 3 is 2.69 bits per heavy atom. The first-order valence-electron chi connectivity index (χ1n) is 8.31. The van der Waals surface area contributed by atoms with E-state index in [4.69, 9.17) is 4.74 Å². The molecule has 1 N–H and O–H groups in total. The van der Waals surface area contributed by atoms with E-state index < -0.39 is 0 Å². The molecule has 0 aliphatic rings. The molecule has 8 heteroatoms. The topological polar surface area (TPSA) is 91.0 Å². The molecule has 0 fully saturated rings. The minimum atomic E-state index is -0.359. The van der Waals surface area contributed by atoms with Gasteiger partial charge in [-0.15, -0.1) is 0 Å². The summed E-state index contributed by atoms with van der Waals surface area (Å²) in [5, 5.41) is 2.70. The lowest BCUT2D eigenvalue weighted by Crippen LogP contribution is -2.30. The van der Waals surface area contributed by atoms with Crippen LogP contribution in [0.2, 0.25) is 0 Å². The molecule has 0 radical (unpaired) electrons. The van der Waals surface area contributed by atoms with Crippen molar-refractivity contribution in [3.8, 4) is 0 Å². The van der Waals surface area contributed by atoms with Crippen LogP contribution in [0.25, 0.3) is 11.2 Å². The van der Waals surface area contributed by atoms with E-state index in [9.17, 15) is 9.59 Å². The second-order valence-corrected chi connectivity index (χ2v) is 6.30. The summed E-state index contributed by atoms with van der Waals surface area (Å²) in [6, 6.07) is 9.63. The van der Waals surface area contributed by atoms with Crippen molar-refractivity contribution in [2.45, 2.75) is 27.2 Å². The first-order chi connectivity index (χ1) is 12.5. The molecular formula is C18H21N5O3. The Bertz CT molecular complexity index is 976. The quantitative estimate of drug-likeness (QED) is 0.729. The van der Waals surface area contributed by atoms with Gasteiger partial charge in [0.25, 0.3) is 5.56 Å². The van der Waals surface area contributed by atoms with Crippen molar-refractivity contribution in [2.75, 3.05) is 5.32 Å². The third kappa shape index (κ3) is 3.65. The Labute approximate surface area is 150 Å². The maximum Gasteiger partial charge on any atom is 0.285 e. The van der Waals surface area contributed by atoms with Gasteiger partial charge in [0.05, 0.1) is 12.9 Å². The first kappa shape index (κ1) is 17.8. The average Bonchev–Trinajstić information content (AvgIpc) is 2.99. The summed E-state index contributed by atoms with van der Waals surface area (Å²) >= 11 is 0. The Kier molecular flexibility index (Phi) is 5.13. The fourth-order valence-corrected chi connectivity index (χ4v) is 2.39. The van der Waals surface area contributed by atoms with E-state index in [0.29, 0.717) is 12.3 Å². The Morgan fingerprint density at radius 1 is 1.27 bits per heavy atom. The lowest BCUT2D eigenvalue weighted by Gasteiger charge is -2.14. The summed E-state index contributed by atoms with van der Waals surface area (Å²) in [4.78, 5) is 33.4. The van der Waals surface area contributed by atoms with Crippen LogP contribution < -0.4 is 10.9 Å². The molecule has 2 aromatic heterocycles. The summed E-state index contributed by atoms with van der Waals surface area (Å²) in [7, 11) is 1.74. The molecular weight excluding hydrogens is 334 g/mol. The van der Waals surface area contributed by atoms with Gasteiger partial charge in [0.2, 0.25) is 11.9 Å². The van der Waals surface area contributed by atoms with E-state index in [1.54, 1.807) is 25.5 Å². The summed E-state index contributed by atoms with van der Waals surface area (Å²) in [5.41, 5.74) is 1.27. The van der Waals surface area contributed by atoms with Gasteiger partial charge in [0.15, 0.2) is 11.2 Å². The van der Waals surface area contributed by atoms with Crippen LogP contribution in [0, 0.1) is 5.92 Å². The molecule has 0 aliphatic heterocycles. The predicted molar refractivity (Wildman–Crippen MR) is 97.5 cm³/mol. The van der Waals surface area contributed by atoms with Gasteiger partial charge < -0.3 is 9.30 Å². The van der Waals surface area contributed by atoms with Crippen LogP contribution in [0.3, 0.4) is 0 Å². The number of nitrogens with one attached hydrogen (secondary N) is 1. The molecule has 0 atom stereocenters. The maximum atomic E-state index is 12.8. The molecule has 1 aromatic carbocycles. The van der Waals surface area contributed by atoms with Gasteiger partial charge in [0.1, 0.15) is 6.73 Å². The molecule has 0 aliphatic carbocycles. The van der Waals surface area contributed by atoms with Gasteiger partial charge >= 0.3 is 0 Å². The fraction of sp³-hybridized carbons (Fsp3) is 0.333. The number of aryl methyl sites for hydroxylation is 1. The number of imidazole rings is 1. The Balaban J connectivity index is 1.91. The fourth-order valence-electron chi connectivity index (χ4n) is 2.39. The number of hydrogen-bond donors (Lipinski definition) is 1. The molecule has 1 amide bonds. The number of anilines is 1. The number of aromatic nitrogens is 4. The van der Waals surface area contributed by atoms with Crippen LogP contribution in [-0.2, 0) is 29.9 Å². The molecule has 0 bridgehead atoms. The molecule has 2 heterocycles. The number of amides is 1. The van der Waals surface area contributed by atoms with Crippen molar-refractivity contribution < 1.29 is 9.53 Å². The number of rotatable bonds is 6. The second-order valence-electron chi connectivity index (χ2n) is 6.30. The van der Waals surface area contributed by atoms with E-state index in [0.717, 1.165) is 5.56 Å². The molecule has 0 unspecified atom stereocenters. The largest absolute Gasteiger partial charge is 0.356 e. The van der Waals surface area contributed by atoms with E-state index in [-0.39, 0.29) is 35.6 Å². The Hall–Kier alpha value is -3.00. The Morgan fingerprint density at radius 2 is 2.00 bits per heavy atom. The normalized spacial score (nSPS) is 11.2. The van der Waals surface area contributed by atoms with Gasteiger partial charge in [-0.1, -0.05) is 44.2 Å². The molecule has 136 valence electrons. The van der Waals surface area contributed by atoms with Crippen molar-refractivity contribution in [1.82, 2.24) is 19.1 Å². The molecule has 3 rings (SSSR count). The summed E-state index contributed by atoms with van der Waals surface area (Å²) in [5.74, 6) is -0.319. The third-order valence-corrected chi connectivity index (χ3v) is 3.91. The molecule has 0 saturated carbocycles. The smallest absolute Gasteiger partial charge is 0.285 e. The van der Waals surface area contributed by atoms with Crippen molar-refractivity contribution in [2.24, 2.45) is 13.0 Å². The van der Waals surface area contributed by atoms with E-state index in [1.165, 1.54) is 10.9 Å². The molecule has 0 spiro atoms. The average molecular weight is 355 g/mol. The number of ether oxygens (including phenoxy) is 1. The number of hydrogen-bond acceptors (Lipinski definition) is 5. The zero-order valence-corrected chi connectivity index (χ0v) is 15.0. The number of benzene rings is 1. The summed E-state index contributed by atoms with van der Waals surface area (Å²) in [6.45, 7) is 3.84. The van der Waals surface area contributed by atoms with Crippen LogP contribution >= 0.6 is 0 Å². The summed E-state index contributed by atoms with van der Waals surface area (Å²) in [6.07, 6.45) is 1.52. The highest BCUT2D eigenvalue weighted by molar-refractivity contribution is 5.91. The highest BCUT2D eigenvalue weighted by Gasteiger charge is 2.17. The zero-order valence-electron chi connectivity index (χ0n) is 15.0. The van der Waals surface area contributed by atoms with Crippen molar-refractivity contribution >= 4 is 23.0 Å². The third-order valence-electron chi connectivity index (χ3n) is 3.91. The highest BCUT2D eigenvalue weighted by atomic mass is 16.5. The summed E-state index contributed by atoms with van der Waals surface area (Å²) < 4.78 is 8.59. The van der Waals surface area contributed by atoms with Crippen molar-refractivity contribution in [3.05, 3.63) is 52.6 Å². The monoisotopic (exact) mass is 355 g/mol. The van der Waals surface area contributed by atoms with E-state index >= 15 is 0 Å². The lowest BCUT2D eigenvalue weighted by atomic mass is 10.2. The van der Waals surface area contributed by atoms with Crippen LogP contribution in [-0.4, -0.2) is 25.0 Å². The molecule has 3 aromatic rings. The minimum Gasteiger partial charge on any atom is -0.356 e. The van der Waals surface area contributed by atoms with Gasteiger partial charge in [0, 0.05) is 13.0 Å². The van der Waals surface area contributed by atoms with Crippen LogP contribution in [0.5, 0.6) is 0 Å². The highest BCUT2D eigenvalue weighted by Crippen LogP contribution is 2.12. The maximum absolute atomic E-state index is 12.8. The van der Waals surface area contributed by atoms with Crippen molar-refractivity contribution in [1.29, 1.82) is 0 Å².